The molecular formula is C22H25N7O6S2. The van der Waals surface area contributed by atoms with Crippen LogP contribution in [0.4, 0.5) is 0 Å². The summed E-state index contributed by atoms with van der Waals surface area (Å²) in [5, 5.41) is 25.7. The Bertz CT molecular complexity index is 1530. The van der Waals surface area contributed by atoms with Crippen molar-refractivity contribution < 1.29 is 28.3 Å². The van der Waals surface area contributed by atoms with Gasteiger partial charge < -0.3 is 31.2 Å². The van der Waals surface area contributed by atoms with Gasteiger partial charge in [0, 0.05) is 60.0 Å². The highest BCUT2D eigenvalue weighted by molar-refractivity contribution is 7.89. The average molecular weight is 548 g/mol. The molecule has 0 spiro atoms. The van der Waals surface area contributed by atoms with Gasteiger partial charge in [0.15, 0.2) is 10.8 Å². The van der Waals surface area contributed by atoms with E-state index in [1.54, 1.807) is 18.2 Å². The van der Waals surface area contributed by atoms with Crippen molar-refractivity contribution in [2.75, 3.05) is 19.6 Å². The van der Waals surface area contributed by atoms with Crippen molar-refractivity contribution >= 4 is 50.0 Å². The standard InChI is InChI=1S/C22H25N7O6S2/c1-11-6-15-17(9-24-11)36-20(26-15)21(30)29-5-4-28(10-16(29)22(31)32)37(34,35)18-8-12-2-3-13(19(23)27-33)7-14(12)25-18/h2-3,7-8,11,16,24-25,33H,4-6,9-10H2,1H3,(H2,23,27)(H,31,32). The lowest BCUT2D eigenvalue weighted by atomic mass is 10.1. The third kappa shape index (κ3) is 4.54. The number of hydrogen-bond donors (Lipinski definition) is 5. The molecule has 3 aromatic rings. The predicted octanol–water partition coefficient (Wildman–Crippen LogP) is 0.353. The first-order valence-corrected chi connectivity index (χ1v) is 13.7. The number of amidine groups is 1. The second-order valence-corrected chi connectivity index (χ2v) is 12.0. The average Bonchev–Trinajstić information content (AvgIpc) is 3.51. The number of carboxylic acids is 1. The van der Waals surface area contributed by atoms with E-state index in [0.717, 1.165) is 14.9 Å². The van der Waals surface area contributed by atoms with E-state index in [1.165, 1.54) is 22.3 Å². The van der Waals surface area contributed by atoms with Gasteiger partial charge in [-0.15, -0.1) is 11.3 Å². The number of oxime groups is 1. The molecule has 15 heteroatoms. The van der Waals surface area contributed by atoms with Crippen molar-refractivity contribution in [3.8, 4) is 0 Å². The van der Waals surface area contributed by atoms with Gasteiger partial charge in [0.25, 0.3) is 15.9 Å². The molecule has 2 atom stereocenters. The number of sulfonamides is 1. The molecule has 0 saturated carbocycles. The molecule has 2 aliphatic heterocycles. The molecule has 1 fully saturated rings. The first kappa shape index (κ1) is 25.1. The fourth-order valence-electron chi connectivity index (χ4n) is 4.55. The Balaban J connectivity index is 1.38. The summed E-state index contributed by atoms with van der Waals surface area (Å²) in [6, 6.07) is 5.05. The normalized spacial score (nSPS) is 21.2. The molecular weight excluding hydrogens is 522 g/mol. The smallest absolute Gasteiger partial charge is 0.327 e. The number of aromatic nitrogens is 2. The van der Waals surface area contributed by atoms with Crippen LogP contribution in [0.5, 0.6) is 0 Å². The number of hydrogen-bond acceptors (Lipinski definition) is 9. The number of carbonyl (C=O) groups excluding carboxylic acids is 1. The van der Waals surface area contributed by atoms with E-state index >= 15 is 0 Å². The Kier molecular flexibility index (Phi) is 6.39. The monoisotopic (exact) mass is 547 g/mol. The number of nitrogens with one attached hydrogen (secondary N) is 2. The number of rotatable bonds is 5. The lowest BCUT2D eigenvalue weighted by molar-refractivity contribution is -0.143. The zero-order valence-corrected chi connectivity index (χ0v) is 21.3. The lowest BCUT2D eigenvalue weighted by Gasteiger charge is -2.37. The maximum absolute atomic E-state index is 13.4. The topological polar surface area (TPSA) is 194 Å². The zero-order chi connectivity index (χ0) is 26.5. The number of carbonyl (C=O) groups is 2. The Morgan fingerprint density at radius 3 is 2.78 bits per heavy atom. The minimum Gasteiger partial charge on any atom is -0.480 e. The Morgan fingerprint density at radius 2 is 2.05 bits per heavy atom. The van der Waals surface area contributed by atoms with Gasteiger partial charge in [-0.1, -0.05) is 17.3 Å². The number of fused-ring (bicyclic) bond motifs is 2. The van der Waals surface area contributed by atoms with Crippen LogP contribution in [0, 0.1) is 0 Å². The van der Waals surface area contributed by atoms with Crippen LogP contribution in [0.15, 0.2) is 34.4 Å². The maximum atomic E-state index is 13.4. The van der Waals surface area contributed by atoms with Gasteiger partial charge in [-0.25, -0.2) is 18.2 Å². The number of nitrogens with two attached hydrogens (primary N) is 1. The van der Waals surface area contributed by atoms with Crippen LogP contribution >= 0.6 is 11.3 Å². The second kappa shape index (κ2) is 9.41. The summed E-state index contributed by atoms with van der Waals surface area (Å²) in [7, 11) is -4.11. The summed E-state index contributed by atoms with van der Waals surface area (Å²) >= 11 is 1.24. The molecule has 13 nitrogen and oxygen atoms in total. The van der Waals surface area contributed by atoms with Crippen LogP contribution in [0.2, 0.25) is 0 Å². The number of amides is 1. The van der Waals surface area contributed by atoms with E-state index in [4.69, 9.17) is 10.9 Å². The zero-order valence-electron chi connectivity index (χ0n) is 19.7. The summed E-state index contributed by atoms with van der Waals surface area (Å²) in [4.78, 5) is 34.8. The van der Waals surface area contributed by atoms with Crippen LogP contribution in [0.3, 0.4) is 0 Å². The van der Waals surface area contributed by atoms with Crippen LogP contribution < -0.4 is 11.1 Å². The summed E-state index contributed by atoms with van der Waals surface area (Å²) in [6.45, 7) is 2.04. The first-order valence-electron chi connectivity index (χ1n) is 11.4. The minimum atomic E-state index is -4.11. The highest BCUT2D eigenvalue weighted by atomic mass is 32.2. The van der Waals surface area contributed by atoms with Crippen molar-refractivity contribution in [1.82, 2.24) is 24.5 Å². The third-order valence-electron chi connectivity index (χ3n) is 6.58. The molecule has 37 heavy (non-hydrogen) atoms. The number of aromatic amines is 1. The van der Waals surface area contributed by atoms with Gasteiger partial charge in [-0.3, -0.25) is 4.79 Å². The Morgan fingerprint density at radius 1 is 1.27 bits per heavy atom. The number of piperazine rings is 1. The van der Waals surface area contributed by atoms with Crippen LogP contribution in [-0.4, -0.2) is 87.3 Å². The van der Waals surface area contributed by atoms with Crippen molar-refractivity contribution in [2.45, 2.75) is 37.0 Å². The van der Waals surface area contributed by atoms with Crippen molar-refractivity contribution in [3.05, 3.63) is 45.4 Å². The summed E-state index contributed by atoms with van der Waals surface area (Å²) in [6.07, 6.45) is 0.679. The Hall–Kier alpha value is -3.53. The molecule has 0 radical (unpaired) electrons. The molecule has 5 rings (SSSR count). The fourth-order valence-corrected chi connectivity index (χ4v) is 7.00. The quantitative estimate of drug-likeness (QED) is 0.130. The molecule has 0 bridgehead atoms. The van der Waals surface area contributed by atoms with Crippen LogP contribution in [0.25, 0.3) is 10.9 Å². The number of carboxylic acid groups (broad SMARTS) is 1. The maximum Gasteiger partial charge on any atom is 0.327 e. The van der Waals surface area contributed by atoms with E-state index in [0.29, 0.717) is 29.4 Å². The predicted molar refractivity (Wildman–Crippen MR) is 134 cm³/mol. The second-order valence-electron chi connectivity index (χ2n) is 9.01. The molecule has 0 aliphatic carbocycles. The largest absolute Gasteiger partial charge is 0.480 e. The summed E-state index contributed by atoms with van der Waals surface area (Å²) in [5.74, 6) is -1.94. The van der Waals surface area contributed by atoms with Gasteiger partial charge in [0.05, 0.1) is 5.69 Å². The number of benzene rings is 1. The molecule has 1 aromatic carbocycles. The van der Waals surface area contributed by atoms with E-state index in [9.17, 15) is 23.1 Å². The third-order valence-corrected chi connectivity index (χ3v) is 9.45. The highest BCUT2D eigenvalue weighted by Gasteiger charge is 2.41. The van der Waals surface area contributed by atoms with Gasteiger partial charge in [-0.05, 0) is 19.1 Å². The molecule has 196 valence electrons. The van der Waals surface area contributed by atoms with Crippen molar-refractivity contribution in [2.24, 2.45) is 10.9 Å². The number of nitrogens with zero attached hydrogens (tertiary/aromatic N) is 4. The molecule has 4 heterocycles. The summed E-state index contributed by atoms with van der Waals surface area (Å²) in [5.41, 5.74) is 7.30. The highest BCUT2D eigenvalue weighted by Crippen LogP contribution is 2.28. The fraction of sp³-hybridized carbons (Fsp3) is 0.364. The van der Waals surface area contributed by atoms with Crippen LogP contribution in [0.1, 0.15) is 32.9 Å². The van der Waals surface area contributed by atoms with Gasteiger partial charge in [0.1, 0.15) is 11.1 Å². The van der Waals surface area contributed by atoms with Gasteiger partial charge >= 0.3 is 5.97 Å². The molecule has 2 unspecified atom stereocenters. The number of H-pyrrole nitrogens is 1. The number of thiazole rings is 1. The van der Waals surface area contributed by atoms with E-state index in [2.05, 4.69) is 20.4 Å². The SMILES string of the molecule is CC1Cc2nc(C(=O)N3CCN(S(=O)(=O)c4cc5ccc(/C(N)=N/O)cc5[nH]4)CC3C(=O)O)sc2CN1. The molecule has 1 saturated heterocycles. The van der Waals surface area contributed by atoms with Crippen molar-refractivity contribution in [1.29, 1.82) is 0 Å². The van der Waals surface area contributed by atoms with E-state index in [-0.39, 0.29) is 35.0 Å². The number of aliphatic carboxylic acids is 1. The minimum absolute atomic E-state index is 0.0771. The first-order chi connectivity index (χ1) is 17.6. The van der Waals surface area contributed by atoms with Crippen molar-refractivity contribution in [3.63, 3.8) is 0 Å². The van der Waals surface area contributed by atoms with Gasteiger partial charge in [-0.2, -0.15) is 4.31 Å². The molecule has 2 aromatic heterocycles. The van der Waals surface area contributed by atoms with E-state index < -0.39 is 34.5 Å². The van der Waals surface area contributed by atoms with Gasteiger partial charge in [0.2, 0.25) is 0 Å². The molecule has 2 aliphatic rings. The Labute approximate surface area is 215 Å². The molecule has 1 amide bonds. The van der Waals surface area contributed by atoms with Crippen LogP contribution in [-0.2, 0) is 27.8 Å². The lowest BCUT2D eigenvalue weighted by Crippen LogP contribution is -2.59. The van der Waals surface area contributed by atoms with E-state index in [1.807, 2.05) is 6.92 Å². The summed E-state index contributed by atoms with van der Waals surface area (Å²) < 4.78 is 27.9. The molecule has 6 N–H and O–H groups in total.